The van der Waals surface area contributed by atoms with E-state index in [4.69, 9.17) is 4.74 Å². The number of esters is 1. The molecule has 130 valence electrons. The van der Waals surface area contributed by atoms with Gasteiger partial charge in [0.2, 0.25) is 0 Å². The summed E-state index contributed by atoms with van der Waals surface area (Å²) in [5.74, 6) is -1.19. The number of carbonyl (C=O) groups is 2. The van der Waals surface area contributed by atoms with Crippen molar-refractivity contribution in [2.24, 2.45) is 0 Å². The van der Waals surface area contributed by atoms with E-state index in [-0.39, 0.29) is 17.7 Å². The number of rotatable bonds is 6. The van der Waals surface area contributed by atoms with Crippen molar-refractivity contribution in [3.8, 4) is 0 Å². The first-order valence-corrected chi connectivity index (χ1v) is 8.08. The zero-order valence-corrected chi connectivity index (χ0v) is 14.9. The Labute approximate surface area is 152 Å². The monoisotopic (exact) mass is 406 g/mol. The lowest BCUT2D eigenvalue weighted by atomic mass is 10.1. The van der Waals surface area contributed by atoms with Crippen LogP contribution in [0.25, 0.3) is 0 Å². The molecule has 0 bridgehead atoms. The minimum Gasteiger partial charge on any atom is -0.467 e. The Morgan fingerprint density at radius 1 is 1.24 bits per heavy atom. The molecule has 0 fully saturated rings. The van der Waals surface area contributed by atoms with Crippen LogP contribution in [0, 0.1) is 10.1 Å². The Morgan fingerprint density at radius 2 is 1.96 bits per heavy atom. The third-order valence-corrected chi connectivity index (χ3v) is 4.27. The number of hydrogen-bond donors (Lipinski definition) is 1. The summed E-state index contributed by atoms with van der Waals surface area (Å²) < 4.78 is 5.55. The van der Waals surface area contributed by atoms with Crippen LogP contribution >= 0.6 is 15.9 Å². The number of hydrogen-bond acceptors (Lipinski definition) is 5. The summed E-state index contributed by atoms with van der Waals surface area (Å²) in [6.45, 7) is 0. The van der Waals surface area contributed by atoms with Gasteiger partial charge >= 0.3 is 5.97 Å². The second kappa shape index (κ2) is 8.39. The normalized spacial score (nSPS) is 11.4. The van der Waals surface area contributed by atoms with E-state index >= 15 is 0 Å². The van der Waals surface area contributed by atoms with E-state index in [2.05, 4.69) is 21.2 Å². The second-order valence-corrected chi connectivity index (χ2v) is 6.01. The Hall–Kier alpha value is -2.74. The highest BCUT2D eigenvalue weighted by molar-refractivity contribution is 9.10. The van der Waals surface area contributed by atoms with Gasteiger partial charge in [-0.3, -0.25) is 14.9 Å². The molecule has 7 nitrogen and oxygen atoms in total. The fourth-order valence-corrected chi connectivity index (χ4v) is 2.67. The summed E-state index contributed by atoms with van der Waals surface area (Å²) >= 11 is 3.39. The lowest BCUT2D eigenvalue weighted by molar-refractivity contribution is -0.384. The Balaban J connectivity index is 2.21. The van der Waals surface area contributed by atoms with Crippen molar-refractivity contribution in [3.05, 3.63) is 74.2 Å². The minimum atomic E-state index is -0.921. The Kier molecular flexibility index (Phi) is 6.24. The molecule has 0 aliphatic carbocycles. The maximum atomic E-state index is 12.4. The summed E-state index contributed by atoms with van der Waals surface area (Å²) in [4.78, 5) is 34.6. The van der Waals surface area contributed by atoms with Gasteiger partial charge < -0.3 is 10.1 Å². The van der Waals surface area contributed by atoms with E-state index in [9.17, 15) is 19.7 Å². The van der Waals surface area contributed by atoms with E-state index < -0.39 is 22.8 Å². The molecule has 25 heavy (non-hydrogen) atoms. The summed E-state index contributed by atoms with van der Waals surface area (Å²) in [5.41, 5.74) is 0.709. The van der Waals surface area contributed by atoms with Crippen LogP contribution in [0.15, 0.2) is 53.0 Å². The van der Waals surface area contributed by atoms with Gasteiger partial charge in [0.1, 0.15) is 6.04 Å². The summed E-state index contributed by atoms with van der Waals surface area (Å²) in [5, 5.41) is 13.4. The number of benzene rings is 2. The molecule has 2 aromatic carbocycles. The van der Waals surface area contributed by atoms with Crippen molar-refractivity contribution >= 4 is 33.5 Å². The SMILES string of the molecule is COC(=O)[C@H](Cc1ccccc1Br)NC(=O)c1cccc([N+](=O)[O-])c1. The molecular formula is C17H15BrN2O5. The first kappa shape index (κ1) is 18.6. The average molecular weight is 407 g/mol. The molecule has 8 heteroatoms. The van der Waals surface area contributed by atoms with Crippen LogP contribution < -0.4 is 5.32 Å². The number of amides is 1. The predicted octanol–water partition coefficient (Wildman–Crippen LogP) is 2.87. The molecule has 1 atom stereocenters. The number of methoxy groups -OCH3 is 1. The van der Waals surface area contributed by atoms with Crippen molar-refractivity contribution in [1.82, 2.24) is 5.32 Å². The standard InChI is InChI=1S/C17H15BrN2O5/c1-25-17(22)15(10-11-5-2-3-8-14(11)18)19-16(21)12-6-4-7-13(9-12)20(23)24/h2-9,15H,10H2,1H3,(H,19,21)/t15-/m0/s1. The third-order valence-electron chi connectivity index (χ3n) is 3.49. The van der Waals surface area contributed by atoms with E-state index in [0.717, 1.165) is 16.1 Å². The van der Waals surface area contributed by atoms with Crippen LogP contribution in [0.4, 0.5) is 5.69 Å². The van der Waals surface area contributed by atoms with Crippen LogP contribution in [0.1, 0.15) is 15.9 Å². The average Bonchev–Trinajstić information content (AvgIpc) is 2.62. The molecule has 0 aromatic heterocycles. The molecule has 0 saturated carbocycles. The second-order valence-electron chi connectivity index (χ2n) is 5.15. The smallest absolute Gasteiger partial charge is 0.328 e. The van der Waals surface area contributed by atoms with Gasteiger partial charge in [-0.2, -0.15) is 0 Å². The number of ether oxygens (including phenoxy) is 1. The van der Waals surface area contributed by atoms with Gasteiger partial charge in [0.15, 0.2) is 0 Å². The number of nitrogens with zero attached hydrogens (tertiary/aromatic N) is 1. The van der Waals surface area contributed by atoms with Crippen LogP contribution in [0.2, 0.25) is 0 Å². The first-order valence-electron chi connectivity index (χ1n) is 7.29. The highest BCUT2D eigenvalue weighted by Crippen LogP contribution is 2.18. The van der Waals surface area contributed by atoms with Gasteiger partial charge in [0.05, 0.1) is 12.0 Å². The van der Waals surface area contributed by atoms with Crippen molar-refractivity contribution in [2.45, 2.75) is 12.5 Å². The minimum absolute atomic E-state index is 0.0928. The van der Waals surface area contributed by atoms with Gasteiger partial charge in [0, 0.05) is 28.6 Å². The van der Waals surface area contributed by atoms with Crippen LogP contribution in [0.5, 0.6) is 0 Å². The van der Waals surface area contributed by atoms with Crippen LogP contribution in [-0.2, 0) is 16.0 Å². The van der Waals surface area contributed by atoms with Crippen LogP contribution in [0.3, 0.4) is 0 Å². The third kappa shape index (κ3) is 4.87. The number of non-ortho nitro benzene ring substituents is 1. The van der Waals surface area contributed by atoms with E-state index in [1.165, 1.54) is 25.3 Å². The lowest BCUT2D eigenvalue weighted by Gasteiger charge is -2.17. The Bertz CT molecular complexity index is 809. The molecule has 2 aromatic rings. The summed E-state index contributed by atoms with van der Waals surface area (Å²) in [6, 6.07) is 11.7. The molecule has 2 rings (SSSR count). The highest BCUT2D eigenvalue weighted by atomic mass is 79.9. The molecule has 0 aliphatic heterocycles. The van der Waals surface area contributed by atoms with Gasteiger partial charge in [-0.25, -0.2) is 4.79 Å². The van der Waals surface area contributed by atoms with Crippen LogP contribution in [-0.4, -0.2) is 30.0 Å². The highest BCUT2D eigenvalue weighted by Gasteiger charge is 2.24. The number of nitro groups is 1. The number of nitro benzene ring substituents is 1. The number of halogens is 1. The number of nitrogens with one attached hydrogen (secondary N) is 1. The van der Waals surface area contributed by atoms with Crippen molar-refractivity contribution in [3.63, 3.8) is 0 Å². The molecule has 1 amide bonds. The lowest BCUT2D eigenvalue weighted by Crippen LogP contribution is -2.43. The fraction of sp³-hybridized carbons (Fsp3) is 0.176. The maximum Gasteiger partial charge on any atom is 0.328 e. The topological polar surface area (TPSA) is 98.5 Å². The van der Waals surface area contributed by atoms with E-state index in [1.807, 2.05) is 24.3 Å². The molecular weight excluding hydrogens is 392 g/mol. The molecule has 0 spiro atoms. The molecule has 0 aliphatic rings. The van der Waals surface area contributed by atoms with Gasteiger partial charge in [-0.05, 0) is 17.7 Å². The largest absolute Gasteiger partial charge is 0.467 e. The molecule has 0 unspecified atom stereocenters. The maximum absolute atomic E-state index is 12.4. The molecule has 0 radical (unpaired) electrons. The summed E-state index contributed by atoms with van der Waals surface area (Å²) in [7, 11) is 1.23. The fourth-order valence-electron chi connectivity index (χ4n) is 2.22. The number of carbonyl (C=O) groups excluding carboxylic acids is 2. The quantitative estimate of drug-likeness (QED) is 0.451. The first-order chi connectivity index (χ1) is 11.9. The van der Waals surface area contributed by atoms with Crippen molar-refractivity contribution in [1.29, 1.82) is 0 Å². The van der Waals surface area contributed by atoms with Gasteiger partial charge in [0.25, 0.3) is 11.6 Å². The van der Waals surface area contributed by atoms with Crippen molar-refractivity contribution in [2.75, 3.05) is 7.11 Å². The van der Waals surface area contributed by atoms with E-state index in [0.29, 0.717) is 0 Å². The Morgan fingerprint density at radius 3 is 2.60 bits per heavy atom. The van der Waals surface area contributed by atoms with Crippen molar-refractivity contribution < 1.29 is 19.2 Å². The molecule has 0 saturated heterocycles. The predicted molar refractivity (Wildman–Crippen MR) is 94.2 cm³/mol. The summed E-state index contributed by atoms with van der Waals surface area (Å²) in [6.07, 6.45) is 0.217. The van der Waals surface area contributed by atoms with Gasteiger partial charge in [-0.1, -0.05) is 40.2 Å². The molecule has 1 N–H and O–H groups in total. The van der Waals surface area contributed by atoms with Gasteiger partial charge in [-0.15, -0.1) is 0 Å². The molecule has 0 heterocycles. The zero-order valence-electron chi connectivity index (χ0n) is 13.3. The van der Waals surface area contributed by atoms with E-state index in [1.54, 1.807) is 0 Å². The zero-order chi connectivity index (χ0) is 18.4.